The Morgan fingerprint density at radius 1 is 1.00 bits per heavy atom. The van der Waals surface area contributed by atoms with Crippen molar-refractivity contribution in [2.75, 3.05) is 4.90 Å². The summed E-state index contributed by atoms with van der Waals surface area (Å²) in [6.45, 7) is 6.41. The highest BCUT2D eigenvalue weighted by molar-refractivity contribution is 6.51. The SMILES string of the molecule is Cc1ccc(N2C(=O)C(=O)C(=C(O)c3ccc(C(C)C)cc3)C2c2ccc(OC(C)(F)F)cc2)nn1. The summed E-state index contributed by atoms with van der Waals surface area (Å²) in [4.78, 5) is 27.5. The van der Waals surface area contributed by atoms with Crippen LogP contribution >= 0.6 is 0 Å². The van der Waals surface area contributed by atoms with E-state index in [1.165, 1.54) is 24.3 Å². The third-order valence-electron chi connectivity index (χ3n) is 5.82. The van der Waals surface area contributed by atoms with Crippen LogP contribution in [0, 0.1) is 6.92 Å². The van der Waals surface area contributed by atoms with Gasteiger partial charge in [0, 0.05) is 12.5 Å². The van der Waals surface area contributed by atoms with Crippen LogP contribution in [0.15, 0.2) is 66.2 Å². The van der Waals surface area contributed by atoms with E-state index in [2.05, 4.69) is 14.9 Å². The van der Waals surface area contributed by atoms with Gasteiger partial charge in [0.25, 0.3) is 5.78 Å². The number of ketones is 1. The van der Waals surface area contributed by atoms with Crippen molar-refractivity contribution in [1.82, 2.24) is 10.2 Å². The molecule has 1 unspecified atom stereocenters. The highest BCUT2D eigenvalue weighted by Crippen LogP contribution is 2.42. The number of aliphatic hydroxyl groups excluding tert-OH is 1. The molecular formula is C27H25F2N3O4. The van der Waals surface area contributed by atoms with Crippen LogP contribution in [-0.2, 0) is 9.59 Å². The lowest BCUT2D eigenvalue weighted by Crippen LogP contribution is -2.30. The molecule has 1 aliphatic heterocycles. The molecular weight excluding hydrogens is 468 g/mol. The maximum absolute atomic E-state index is 13.3. The number of alkyl halides is 2. The summed E-state index contributed by atoms with van der Waals surface area (Å²) in [6.07, 6.45) is -3.38. The summed E-state index contributed by atoms with van der Waals surface area (Å²) in [5, 5.41) is 19.2. The number of nitrogens with zero attached hydrogens (tertiary/aromatic N) is 3. The van der Waals surface area contributed by atoms with E-state index in [0.717, 1.165) is 10.5 Å². The van der Waals surface area contributed by atoms with E-state index in [9.17, 15) is 23.5 Å². The van der Waals surface area contributed by atoms with Gasteiger partial charge in [-0.15, -0.1) is 5.10 Å². The molecule has 0 radical (unpaired) electrons. The van der Waals surface area contributed by atoms with E-state index in [4.69, 9.17) is 0 Å². The molecule has 1 atom stereocenters. The molecule has 2 heterocycles. The van der Waals surface area contributed by atoms with Gasteiger partial charge < -0.3 is 9.84 Å². The summed E-state index contributed by atoms with van der Waals surface area (Å²) in [5.41, 5.74) is 2.27. The predicted molar refractivity (Wildman–Crippen MR) is 130 cm³/mol. The molecule has 1 amide bonds. The molecule has 1 aliphatic rings. The molecule has 2 aromatic carbocycles. The molecule has 36 heavy (non-hydrogen) atoms. The van der Waals surface area contributed by atoms with Gasteiger partial charge in [0.2, 0.25) is 0 Å². The van der Waals surface area contributed by atoms with Crippen LogP contribution < -0.4 is 9.64 Å². The number of ether oxygens (including phenoxy) is 1. The van der Waals surface area contributed by atoms with Gasteiger partial charge in [0.05, 0.1) is 17.3 Å². The molecule has 0 bridgehead atoms. The second-order valence-corrected chi connectivity index (χ2v) is 8.96. The Morgan fingerprint density at radius 2 is 1.64 bits per heavy atom. The topological polar surface area (TPSA) is 92.6 Å². The van der Waals surface area contributed by atoms with Gasteiger partial charge in [-0.1, -0.05) is 50.2 Å². The quantitative estimate of drug-likeness (QED) is 0.276. The van der Waals surface area contributed by atoms with E-state index >= 15 is 0 Å². The fourth-order valence-corrected chi connectivity index (χ4v) is 4.01. The number of rotatable bonds is 6. The molecule has 0 spiro atoms. The highest BCUT2D eigenvalue weighted by atomic mass is 19.3. The minimum absolute atomic E-state index is 0.0948. The van der Waals surface area contributed by atoms with E-state index in [-0.39, 0.29) is 28.8 Å². The van der Waals surface area contributed by atoms with E-state index in [1.54, 1.807) is 31.2 Å². The zero-order chi connectivity index (χ0) is 26.2. The molecule has 9 heteroatoms. The summed E-state index contributed by atoms with van der Waals surface area (Å²) < 4.78 is 31.2. The fraction of sp³-hybridized carbons (Fsp3) is 0.259. The Hall–Kier alpha value is -4.14. The van der Waals surface area contributed by atoms with Gasteiger partial charge in [-0.05, 0) is 48.2 Å². The van der Waals surface area contributed by atoms with Gasteiger partial charge >= 0.3 is 12.0 Å². The Bertz CT molecular complexity index is 1310. The first kappa shape index (κ1) is 25.0. The van der Waals surface area contributed by atoms with Crippen LogP contribution in [0.2, 0.25) is 0 Å². The number of aromatic nitrogens is 2. The van der Waals surface area contributed by atoms with Crippen LogP contribution in [0.5, 0.6) is 5.75 Å². The number of hydrogen-bond donors (Lipinski definition) is 1. The number of hydrogen-bond acceptors (Lipinski definition) is 6. The summed E-state index contributed by atoms with van der Waals surface area (Å²) >= 11 is 0. The van der Waals surface area contributed by atoms with Gasteiger partial charge in [0.1, 0.15) is 11.5 Å². The van der Waals surface area contributed by atoms with Crippen LogP contribution in [0.1, 0.15) is 55.1 Å². The number of aliphatic hydroxyl groups is 1. The van der Waals surface area contributed by atoms with Crippen molar-refractivity contribution in [2.24, 2.45) is 0 Å². The molecule has 1 saturated heterocycles. The molecule has 1 fully saturated rings. The zero-order valence-corrected chi connectivity index (χ0v) is 20.2. The Morgan fingerprint density at radius 3 is 2.17 bits per heavy atom. The molecule has 0 saturated carbocycles. The Kier molecular flexibility index (Phi) is 6.58. The number of carbonyl (C=O) groups excluding carboxylic acids is 2. The lowest BCUT2D eigenvalue weighted by molar-refractivity contribution is -0.158. The fourth-order valence-electron chi connectivity index (χ4n) is 4.01. The average Bonchev–Trinajstić information content (AvgIpc) is 3.09. The van der Waals surface area contributed by atoms with Gasteiger partial charge in [-0.3, -0.25) is 14.5 Å². The first-order valence-corrected chi connectivity index (χ1v) is 11.3. The second-order valence-electron chi connectivity index (χ2n) is 8.96. The second kappa shape index (κ2) is 9.49. The maximum Gasteiger partial charge on any atom is 0.394 e. The standard InChI is InChI=1S/C27H25F2N3O4/c1-15(2)17-6-8-19(9-7-17)24(33)22-23(18-10-12-20(13-11-18)36-27(4,28)29)32(26(35)25(22)34)21-14-5-16(3)30-31-21/h5-15,23,33H,1-4H3. The lowest BCUT2D eigenvalue weighted by atomic mass is 9.94. The Labute approximate surface area is 207 Å². The molecule has 7 nitrogen and oxygen atoms in total. The summed E-state index contributed by atoms with van der Waals surface area (Å²) in [7, 11) is 0. The molecule has 0 aliphatic carbocycles. The number of carbonyl (C=O) groups is 2. The van der Waals surface area contributed by atoms with Crippen molar-refractivity contribution in [1.29, 1.82) is 0 Å². The van der Waals surface area contributed by atoms with Crippen molar-refractivity contribution in [3.05, 3.63) is 88.6 Å². The van der Waals surface area contributed by atoms with Crippen LogP contribution in [0.25, 0.3) is 5.76 Å². The van der Waals surface area contributed by atoms with Gasteiger partial charge in [-0.25, -0.2) is 0 Å². The number of amides is 1. The van der Waals surface area contributed by atoms with E-state index in [0.29, 0.717) is 23.7 Å². The van der Waals surface area contributed by atoms with Crippen molar-refractivity contribution in [3.8, 4) is 5.75 Å². The van der Waals surface area contributed by atoms with Gasteiger partial charge in [-0.2, -0.15) is 13.9 Å². The predicted octanol–water partition coefficient (Wildman–Crippen LogP) is 5.53. The molecule has 1 N–H and O–H groups in total. The number of Topliss-reactive ketones (excluding diaryl/α,β-unsaturated/α-hetero) is 1. The van der Waals surface area contributed by atoms with Crippen molar-refractivity contribution < 1.29 is 28.2 Å². The van der Waals surface area contributed by atoms with Crippen molar-refractivity contribution in [3.63, 3.8) is 0 Å². The third kappa shape index (κ3) is 4.95. The minimum atomic E-state index is -3.38. The van der Waals surface area contributed by atoms with Crippen molar-refractivity contribution >= 4 is 23.3 Å². The molecule has 186 valence electrons. The molecule has 1 aromatic heterocycles. The minimum Gasteiger partial charge on any atom is -0.507 e. The normalized spacial score (nSPS) is 17.6. The number of anilines is 1. The maximum atomic E-state index is 13.3. The van der Waals surface area contributed by atoms with E-state index in [1.807, 2.05) is 26.0 Å². The number of halogens is 2. The molecule has 3 aromatic rings. The van der Waals surface area contributed by atoms with Crippen LogP contribution in [-0.4, -0.2) is 33.1 Å². The monoisotopic (exact) mass is 493 g/mol. The average molecular weight is 494 g/mol. The van der Waals surface area contributed by atoms with E-state index < -0.39 is 23.8 Å². The summed E-state index contributed by atoms with van der Waals surface area (Å²) in [6, 6.07) is 14.7. The van der Waals surface area contributed by atoms with Crippen molar-refractivity contribution in [2.45, 2.75) is 45.8 Å². The highest BCUT2D eigenvalue weighted by Gasteiger charge is 2.47. The van der Waals surface area contributed by atoms with Crippen LogP contribution in [0.3, 0.4) is 0 Å². The Balaban J connectivity index is 1.85. The number of benzene rings is 2. The lowest BCUT2D eigenvalue weighted by Gasteiger charge is -2.24. The largest absolute Gasteiger partial charge is 0.507 e. The first-order chi connectivity index (χ1) is 17.0. The van der Waals surface area contributed by atoms with Crippen LogP contribution in [0.4, 0.5) is 14.6 Å². The summed E-state index contributed by atoms with van der Waals surface area (Å²) in [5.74, 6) is -1.85. The zero-order valence-electron chi connectivity index (χ0n) is 20.2. The van der Waals surface area contributed by atoms with Gasteiger partial charge in [0.15, 0.2) is 5.82 Å². The first-order valence-electron chi connectivity index (χ1n) is 11.3. The molecule has 4 rings (SSSR count). The number of aryl methyl sites for hydroxylation is 1. The smallest absolute Gasteiger partial charge is 0.394 e. The third-order valence-corrected chi connectivity index (χ3v) is 5.82.